The van der Waals surface area contributed by atoms with Crippen molar-refractivity contribution in [2.75, 3.05) is 0 Å². The molecule has 2 aromatic rings. The van der Waals surface area contributed by atoms with E-state index in [-0.39, 0.29) is 6.04 Å². The summed E-state index contributed by atoms with van der Waals surface area (Å²) in [4.78, 5) is 0. The summed E-state index contributed by atoms with van der Waals surface area (Å²) < 4.78 is 0. The third-order valence-electron chi connectivity index (χ3n) is 4.97. The van der Waals surface area contributed by atoms with Crippen molar-refractivity contribution in [3.8, 4) is 0 Å². The molecule has 2 aromatic carbocycles. The molecule has 0 saturated heterocycles. The van der Waals surface area contributed by atoms with E-state index in [0.29, 0.717) is 5.92 Å². The first kappa shape index (κ1) is 13.6. The SMILES string of the molecule is CCC1CCC(C(NN)c2cccc3ccccc23)C1. The summed E-state index contributed by atoms with van der Waals surface area (Å²) in [5, 5.41) is 2.63. The van der Waals surface area contributed by atoms with E-state index >= 15 is 0 Å². The third-order valence-corrected chi connectivity index (χ3v) is 4.97. The highest BCUT2D eigenvalue weighted by Crippen LogP contribution is 2.41. The first-order valence-corrected chi connectivity index (χ1v) is 7.77. The smallest absolute Gasteiger partial charge is 0.0494 e. The molecule has 3 atom stereocenters. The summed E-state index contributed by atoms with van der Waals surface area (Å²) in [5.74, 6) is 7.46. The highest BCUT2D eigenvalue weighted by atomic mass is 15.2. The molecule has 3 rings (SSSR count). The summed E-state index contributed by atoms with van der Waals surface area (Å²) in [7, 11) is 0. The average molecular weight is 268 g/mol. The van der Waals surface area contributed by atoms with Gasteiger partial charge in [0.25, 0.3) is 0 Å². The first-order valence-electron chi connectivity index (χ1n) is 7.77. The zero-order valence-corrected chi connectivity index (χ0v) is 12.2. The van der Waals surface area contributed by atoms with Gasteiger partial charge in [0.05, 0.1) is 0 Å². The largest absolute Gasteiger partial charge is 0.271 e. The molecule has 1 aliphatic carbocycles. The molecule has 2 heteroatoms. The summed E-state index contributed by atoms with van der Waals surface area (Å²) in [6.45, 7) is 2.30. The molecule has 3 N–H and O–H groups in total. The number of fused-ring (bicyclic) bond motifs is 1. The van der Waals surface area contributed by atoms with Gasteiger partial charge in [-0.25, -0.2) is 0 Å². The van der Waals surface area contributed by atoms with Crippen LogP contribution in [0.2, 0.25) is 0 Å². The van der Waals surface area contributed by atoms with Gasteiger partial charge in [-0.1, -0.05) is 62.2 Å². The molecule has 0 heterocycles. The van der Waals surface area contributed by atoms with Gasteiger partial charge in [0.2, 0.25) is 0 Å². The van der Waals surface area contributed by atoms with Crippen molar-refractivity contribution in [1.29, 1.82) is 0 Å². The summed E-state index contributed by atoms with van der Waals surface area (Å²) >= 11 is 0. The van der Waals surface area contributed by atoms with Crippen molar-refractivity contribution < 1.29 is 0 Å². The quantitative estimate of drug-likeness (QED) is 0.645. The minimum atomic E-state index is 0.276. The van der Waals surface area contributed by atoms with Crippen LogP contribution in [0.5, 0.6) is 0 Å². The predicted octanol–water partition coefficient (Wildman–Crippen LogP) is 4.17. The third kappa shape index (κ3) is 2.46. The maximum Gasteiger partial charge on any atom is 0.0494 e. The fourth-order valence-electron chi connectivity index (χ4n) is 3.79. The maximum atomic E-state index is 5.91. The van der Waals surface area contributed by atoms with Gasteiger partial charge in [-0.2, -0.15) is 0 Å². The van der Waals surface area contributed by atoms with Gasteiger partial charge in [-0.3, -0.25) is 11.3 Å². The summed E-state index contributed by atoms with van der Waals surface area (Å²) in [5.41, 5.74) is 4.45. The molecule has 2 nitrogen and oxygen atoms in total. The molecule has 1 fully saturated rings. The first-order chi connectivity index (χ1) is 9.83. The normalized spacial score (nSPS) is 24.1. The molecular weight excluding hydrogens is 244 g/mol. The molecular formula is C18H24N2. The summed E-state index contributed by atoms with van der Waals surface area (Å²) in [6, 6.07) is 15.4. The highest BCUT2D eigenvalue weighted by molar-refractivity contribution is 5.86. The van der Waals surface area contributed by atoms with Gasteiger partial charge in [0.15, 0.2) is 0 Å². The molecule has 1 saturated carbocycles. The van der Waals surface area contributed by atoms with E-state index in [1.54, 1.807) is 0 Å². The molecule has 0 radical (unpaired) electrons. The summed E-state index contributed by atoms with van der Waals surface area (Å²) in [6.07, 6.45) is 5.23. The lowest BCUT2D eigenvalue weighted by molar-refractivity contribution is 0.360. The van der Waals surface area contributed by atoms with E-state index in [0.717, 1.165) is 5.92 Å². The Bertz CT molecular complexity index is 573. The average Bonchev–Trinajstić information content (AvgIpc) is 2.97. The number of hydrogen-bond acceptors (Lipinski definition) is 2. The molecule has 0 aromatic heterocycles. The zero-order valence-electron chi connectivity index (χ0n) is 12.2. The molecule has 1 aliphatic rings. The number of benzene rings is 2. The Kier molecular flexibility index (Phi) is 4.04. The molecule has 3 unspecified atom stereocenters. The van der Waals surface area contributed by atoms with Crippen LogP contribution in [0.15, 0.2) is 42.5 Å². The van der Waals surface area contributed by atoms with Crippen LogP contribution in [0, 0.1) is 11.8 Å². The number of rotatable bonds is 4. The van der Waals surface area contributed by atoms with Gasteiger partial charge in [0.1, 0.15) is 0 Å². The minimum absolute atomic E-state index is 0.276. The topological polar surface area (TPSA) is 38.0 Å². The highest BCUT2D eigenvalue weighted by Gasteiger charge is 2.31. The zero-order chi connectivity index (χ0) is 13.9. The van der Waals surface area contributed by atoms with Crippen LogP contribution in [0.3, 0.4) is 0 Å². The molecule has 0 spiro atoms. The van der Waals surface area contributed by atoms with E-state index in [4.69, 9.17) is 5.84 Å². The Morgan fingerprint density at radius 1 is 1.15 bits per heavy atom. The monoisotopic (exact) mass is 268 g/mol. The van der Waals surface area contributed by atoms with E-state index < -0.39 is 0 Å². The number of nitrogens with two attached hydrogens (primary N) is 1. The van der Waals surface area contributed by atoms with Crippen molar-refractivity contribution in [1.82, 2.24) is 5.43 Å². The fraction of sp³-hybridized carbons (Fsp3) is 0.444. The second-order valence-corrected chi connectivity index (χ2v) is 6.06. The molecule has 106 valence electrons. The van der Waals surface area contributed by atoms with E-state index in [2.05, 4.69) is 54.8 Å². The van der Waals surface area contributed by atoms with Crippen LogP contribution in [-0.4, -0.2) is 0 Å². The van der Waals surface area contributed by atoms with Gasteiger partial charge >= 0.3 is 0 Å². The lowest BCUT2D eigenvalue weighted by Gasteiger charge is -2.25. The van der Waals surface area contributed by atoms with Gasteiger partial charge in [0, 0.05) is 6.04 Å². The Labute approximate surface area is 121 Å². The van der Waals surface area contributed by atoms with Crippen molar-refractivity contribution in [3.05, 3.63) is 48.0 Å². The van der Waals surface area contributed by atoms with E-state index in [1.165, 1.54) is 42.0 Å². The van der Waals surface area contributed by atoms with Crippen LogP contribution in [-0.2, 0) is 0 Å². The Balaban J connectivity index is 1.95. The van der Waals surface area contributed by atoms with Crippen molar-refractivity contribution >= 4 is 10.8 Å². The van der Waals surface area contributed by atoms with Crippen LogP contribution in [0.1, 0.15) is 44.2 Å². The second-order valence-electron chi connectivity index (χ2n) is 6.06. The Morgan fingerprint density at radius 2 is 1.95 bits per heavy atom. The fourth-order valence-corrected chi connectivity index (χ4v) is 3.79. The van der Waals surface area contributed by atoms with Crippen LogP contribution in [0.25, 0.3) is 10.8 Å². The van der Waals surface area contributed by atoms with Crippen LogP contribution < -0.4 is 11.3 Å². The number of hydrazine groups is 1. The van der Waals surface area contributed by atoms with Crippen molar-refractivity contribution in [3.63, 3.8) is 0 Å². The van der Waals surface area contributed by atoms with Crippen molar-refractivity contribution in [2.24, 2.45) is 17.7 Å². The predicted molar refractivity (Wildman–Crippen MR) is 85.1 cm³/mol. The van der Waals surface area contributed by atoms with E-state index in [9.17, 15) is 0 Å². The second kappa shape index (κ2) is 5.94. The molecule has 20 heavy (non-hydrogen) atoms. The molecule has 0 amide bonds. The number of hydrogen-bond donors (Lipinski definition) is 2. The lowest BCUT2D eigenvalue weighted by atomic mass is 9.88. The maximum absolute atomic E-state index is 5.91. The molecule has 0 bridgehead atoms. The van der Waals surface area contributed by atoms with Gasteiger partial charge in [-0.05, 0) is 41.0 Å². The Hall–Kier alpha value is -1.38. The Morgan fingerprint density at radius 3 is 2.70 bits per heavy atom. The lowest BCUT2D eigenvalue weighted by Crippen LogP contribution is -2.33. The van der Waals surface area contributed by atoms with Gasteiger partial charge in [-0.15, -0.1) is 0 Å². The van der Waals surface area contributed by atoms with Crippen LogP contribution >= 0.6 is 0 Å². The standard InChI is InChI=1S/C18H24N2/c1-2-13-10-11-15(12-13)18(20-19)17-9-5-7-14-6-3-4-8-16(14)17/h3-9,13,15,18,20H,2,10-12,19H2,1H3. The van der Waals surface area contributed by atoms with Gasteiger partial charge < -0.3 is 0 Å². The molecule has 0 aliphatic heterocycles. The minimum Gasteiger partial charge on any atom is -0.271 e. The number of nitrogens with one attached hydrogen (secondary N) is 1. The van der Waals surface area contributed by atoms with Crippen LogP contribution in [0.4, 0.5) is 0 Å². The van der Waals surface area contributed by atoms with E-state index in [1.807, 2.05) is 0 Å². The van der Waals surface area contributed by atoms with Crippen molar-refractivity contribution in [2.45, 2.75) is 38.6 Å².